The molecule has 1 heterocycles. The van der Waals surface area contributed by atoms with Crippen molar-refractivity contribution >= 4 is 5.82 Å². The zero-order valence-electron chi connectivity index (χ0n) is 10.1. The van der Waals surface area contributed by atoms with Crippen molar-refractivity contribution in [2.24, 2.45) is 0 Å². The molecule has 0 aliphatic carbocycles. The molecule has 2 rings (SSSR count). The fraction of sp³-hybridized carbons (Fsp3) is 0.214. The van der Waals surface area contributed by atoms with Crippen LogP contribution in [0.25, 0.3) is 11.1 Å². The summed E-state index contributed by atoms with van der Waals surface area (Å²) in [6.07, 6.45) is 1.77. The summed E-state index contributed by atoms with van der Waals surface area (Å²) in [6.45, 7) is 4.60. The molecule has 1 aromatic carbocycles. The van der Waals surface area contributed by atoms with Crippen LogP contribution in [0.1, 0.15) is 12.5 Å². The number of rotatable bonds is 3. The predicted octanol–water partition coefficient (Wildman–Crippen LogP) is 3.04. The van der Waals surface area contributed by atoms with Crippen molar-refractivity contribution in [2.75, 3.05) is 12.3 Å². The maximum atomic E-state index is 5.92. The van der Waals surface area contributed by atoms with Crippen LogP contribution in [-0.4, -0.2) is 11.6 Å². The van der Waals surface area contributed by atoms with Gasteiger partial charge in [0.2, 0.25) is 0 Å². The molecular formula is C14H16N2O. The molecule has 0 unspecified atom stereocenters. The smallest absolute Gasteiger partial charge is 0.131 e. The van der Waals surface area contributed by atoms with Gasteiger partial charge in [0.15, 0.2) is 0 Å². The molecule has 0 amide bonds. The Morgan fingerprint density at radius 2 is 2.00 bits per heavy atom. The van der Waals surface area contributed by atoms with Crippen LogP contribution < -0.4 is 10.5 Å². The van der Waals surface area contributed by atoms with Crippen LogP contribution in [-0.2, 0) is 0 Å². The van der Waals surface area contributed by atoms with Gasteiger partial charge < -0.3 is 10.5 Å². The van der Waals surface area contributed by atoms with Crippen LogP contribution in [0.4, 0.5) is 5.82 Å². The number of aromatic nitrogens is 1. The highest BCUT2D eigenvalue weighted by Crippen LogP contribution is 2.33. The van der Waals surface area contributed by atoms with Gasteiger partial charge in [0.05, 0.1) is 6.61 Å². The lowest BCUT2D eigenvalue weighted by atomic mass is 10.0. The lowest BCUT2D eigenvalue weighted by molar-refractivity contribution is 0.341. The van der Waals surface area contributed by atoms with Crippen LogP contribution >= 0.6 is 0 Å². The lowest BCUT2D eigenvalue weighted by Gasteiger charge is -2.11. The highest BCUT2D eigenvalue weighted by Gasteiger charge is 2.09. The highest BCUT2D eigenvalue weighted by atomic mass is 16.5. The number of para-hydroxylation sites is 1. The minimum absolute atomic E-state index is 0.530. The molecule has 0 saturated carbocycles. The summed E-state index contributed by atoms with van der Waals surface area (Å²) in [7, 11) is 0. The minimum Gasteiger partial charge on any atom is -0.493 e. The predicted molar refractivity (Wildman–Crippen MR) is 70.0 cm³/mol. The number of aryl methyl sites for hydroxylation is 1. The summed E-state index contributed by atoms with van der Waals surface area (Å²) in [5.74, 6) is 1.37. The maximum Gasteiger partial charge on any atom is 0.131 e. The number of nitrogen functional groups attached to an aromatic ring is 1. The maximum absolute atomic E-state index is 5.92. The lowest BCUT2D eigenvalue weighted by Crippen LogP contribution is -1.98. The van der Waals surface area contributed by atoms with Gasteiger partial charge in [-0.3, -0.25) is 0 Å². The van der Waals surface area contributed by atoms with Crippen molar-refractivity contribution in [3.05, 3.63) is 42.1 Å². The molecule has 0 radical (unpaired) electrons. The van der Waals surface area contributed by atoms with Crippen molar-refractivity contribution in [1.82, 2.24) is 4.98 Å². The SMILES string of the molecule is CCOc1ccccc1-c1cc(C)cnc1N. The Kier molecular flexibility index (Phi) is 3.28. The first-order valence-corrected chi connectivity index (χ1v) is 5.66. The van der Waals surface area contributed by atoms with Crippen molar-refractivity contribution < 1.29 is 4.74 Å². The quantitative estimate of drug-likeness (QED) is 0.878. The van der Waals surface area contributed by atoms with Gasteiger partial charge in [0.1, 0.15) is 11.6 Å². The third-order valence-electron chi connectivity index (χ3n) is 2.53. The number of anilines is 1. The molecule has 88 valence electrons. The first-order chi connectivity index (χ1) is 8.22. The molecule has 1 aromatic heterocycles. The van der Waals surface area contributed by atoms with E-state index in [1.807, 2.05) is 44.2 Å². The molecule has 0 aliphatic rings. The number of hydrogen-bond donors (Lipinski definition) is 1. The molecule has 3 heteroatoms. The first kappa shape index (κ1) is 11.5. The van der Waals surface area contributed by atoms with E-state index in [4.69, 9.17) is 10.5 Å². The average Bonchev–Trinajstić information content (AvgIpc) is 2.34. The number of nitrogens with zero attached hydrogens (tertiary/aromatic N) is 1. The average molecular weight is 228 g/mol. The molecule has 0 aliphatic heterocycles. The van der Waals surface area contributed by atoms with Crippen molar-refractivity contribution in [2.45, 2.75) is 13.8 Å². The molecule has 17 heavy (non-hydrogen) atoms. The van der Waals surface area contributed by atoms with Crippen LogP contribution in [0.2, 0.25) is 0 Å². The van der Waals surface area contributed by atoms with Gasteiger partial charge in [0.25, 0.3) is 0 Å². The zero-order valence-corrected chi connectivity index (χ0v) is 10.1. The van der Waals surface area contributed by atoms with Crippen LogP contribution in [0, 0.1) is 6.92 Å². The zero-order chi connectivity index (χ0) is 12.3. The summed E-state index contributed by atoms with van der Waals surface area (Å²) >= 11 is 0. The normalized spacial score (nSPS) is 10.2. The van der Waals surface area contributed by atoms with Crippen molar-refractivity contribution in [3.8, 4) is 16.9 Å². The Hall–Kier alpha value is -2.03. The standard InChI is InChI=1S/C14H16N2O/c1-3-17-13-7-5-4-6-11(13)12-8-10(2)9-16-14(12)15/h4-9H,3H2,1-2H3,(H2,15,16). The van der Waals surface area contributed by atoms with E-state index in [9.17, 15) is 0 Å². The van der Waals surface area contributed by atoms with E-state index in [-0.39, 0.29) is 0 Å². The van der Waals surface area contributed by atoms with E-state index < -0.39 is 0 Å². The van der Waals surface area contributed by atoms with Gasteiger partial charge in [-0.05, 0) is 31.5 Å². The van der Waals surface area contributed by atoms with E-state index in [1.165, 1.54) is 0 Å². The second-order valence-corrected chi connectivity index (χ2v) is 3.87. The third kappa shape index (κ3) is 2.38. The van der Waals surface area contributed by atoms with Crippen LogP contribution in [0.15, 0.2) is 36.5 Å². The summed E-state index contributed by atoms with van der Waals surface area (Å²) in [4.78, 5) is 4.18. The summed E-state index contributed by atoms with van der Waals surface area (Å²) in [5.41, 5.74) is 8.92. The second kappa shape index (κ2) is 4.87. The molecule has 0 spiro atoms. The van der Waals surface area contributed by atoms with Crippen molar-refractivity contribution in [1.29, 1.82) is 0 Å². The number of hydrogen-bond acceptors (Lipinski definition) is 3. The molecule has 2 aromatic rings. The molecule has 2 N–H and O–H groups in total. The molecule has 0 atom stereocenters. The largest absolute Gasteiger partial charge is 0.493 e. The molecule has 0 bridgehead atoms. The van der Waals surface area contributed by atoms with E-state index in [1.54, 1.807) is 6.20 Å². The monoisotopic (exact) mass is 228 g/mol. The van der Waals surface area contributed by atoms with Gasteiger partial charge in [-0.2, -0.15) is 0 Å². The molecule has 0 fully saturated rings. The summed E-state index contributed by atoms with van der Waals surface area (Å²) in [5, 5.41) is 0. The first-order valence-electron chi connectivity index (χ1n) is 5.66. The number of ether oxygens (including phenoxy) is 1. The number of benzene rings is 1. The van der Waals surface area contributed by atoms with Crippen molar-refractivity contribution in [3.63, 3.8) is 0 Å². The van der Waals surface area contributed by atoms with Crippen LogP contribution in [0.5, 0.6) is 5.75 Å². The van der Waals surface area contributed by atoms with Gasteiger partial charge in [0, 0.05) is 17.3 Å². The summed E-state index contributed by atoms with van der Waals surface area (Å²) < 4.78 is 5.60. The summed E-state index contributed by atoms with van der Waals surface area (Å²) in [6, 6.07) is 9.89. The van der Waals surface area contributed by atoms with E-state index >= 15 is 0 Å². The Morgan fingerprint density at radius 3 is 2.76 bits per heavy atom. The third-order valence-corrected chi connectivity index (χ3v) is 2.53. The highest BCUT2D eigenvalue weighted by molar-refractivity contribution is 5.78. The van der Waals surface area contributed by atoms with Gasteiger partial charge >= 0.3 is 0 Å². The topological polar surface area (TPSA) is 48.1 Å². The Balaban J connectivity index is 2.55. The number of pyridine rings is 1. The van der Waals surface area contributed by atoms with Gasteiger partial charge in [-0.15, -0.1) is 0 Å². The Morgan fingerprint density at radius 1 is 1.24 bits per heavy atom. The second-order valence-electron chi connectivity index (χ2n) is 3.87. The van der Waals surface area contributed by atoms with E-state index in [2.05, 4.69) is 4.98 Å². The minimum atomic E-state index is 0.530. The number of nitrogens with two attached hydrogens (primary N) is 1. The van der Waals surface area contributed by atoms with Gasteiger partial charge in [-0.25, -0.2) is 4.98 Å². The fourth-order valence-corrected chi connectivity index (χ4v) is 1.77. The molecular weight excluding hydrogens is 212 g/mol. The van der Waals surface area contributed by atoms with E-state index in [0.717, 1.165) is 22.4 Å². The Bertz CT molecular complexity index is 523. The Labute approximate surface area is 101 Å². The fourth-order valence-electron chi connectivity index (χ4n) is 1.77. The molecule has 0 saturated heterocycles. The molecule has 3 nitrogen and oxygen atoms in total. The van der Waals surface area contributed by atoms with Gasteiger partial charge in [-0.1, -0.05) is 18.2 Å². The van der Waals surface area contributed by atoms with E-state index in [0.29, 0.717) is 12.4 Å². The van der Waals surface area contributed by atoms with Crippen LogP contribution in [0.3, 0.4) is 0 Å².